The minimum Gasteiger partial charge on any atom is -0.326 e. The van der Waals surface area contributed by atoms with E-state index < -0.39 is 0 Å². The number of hydrogen-bond donors (Lipinski definition) is 0. The van der Waals surface area contributed by atoms with Gasteiger partial charge in [0.2, 0.25) is 0 Å². The number of hydrogen-bond acceptors (Lipinski definition) is 2. The van der Waals surface area contributed by atoms with Crippen molar-refractivity contribution in [2.24, 2.45) is 11.8 Å². The van der Waals surface area contributed by atoms with Crippen LogP contribution in [0.25, 0.3) is 21.9 Å². The Labute approximate surface area is 129 Å². The van der Waals surface area contributed by atoms with Crippen molar-refractivity contribution < 1.29 is 0 Å². The highest BCUT2D eigenvalue weighted by atomic mass is 35.5. The molecule has 0 spiro atoms. The molecule has 3 aromatic rings. The molecule has 4 rings (SSSR count). The first kappa shape index (κ1) is 13.1. The molecule has 1 fully saturated rings. The Bertz CT molecular complexity index is 804. The van der Waals surface area contributed by atoms with Crippen molar-refractivity contribution in [2.45, 2.75) is 32.2 Å². The van der Waals surface area contributed by atoms with Gasteiger partial charge in [-0.3, -0.25) is 4.98 Å². The number of para-hydroxylation sites is 1. The third-order valence-electron chi connectivity index (χ3n) is 4.58. The SMILES string of the molecule is CC(Cn1c(CCl)nc2cnc3ccccc3c21)C1CC1. The summed E-state index contributed by atoms with van der Waals surface area (Å²) >= 11 is 6.13. The molecule has 0 aliphatic heterocycles. The Morgan fingerprint density at radius 2 is 2.10 bits per heavy atom. The highest BCUT2D eigenvalue weighted by molar-refractivity contribution is 6.17. The number of benzene rings is 1. The predicted octanol–water partition coefficient (Wildman–Crippen LogP) is 4.37. The van der Waals surface area contributed by atoms with Crippen LogP contribution in [-0.2, 0) is 12.4 Å². The molecule has 108 valence electrons. The number of rotatable bonds is 4. The molecule has 1 aromatic carbocycles. The van der Waals surface area contributed by atoms with E-state index in [1.165, 1.54) is 23.7 Å². The van der Waals surface area contributed by atoms with Crippen molar-refractivity contribution in [1.82, 2.24) is 14.5 Å². The molecule has 2 heterocycles. The Balaban J connectivity index is 1.94. The first-order chi connectivity index (χ1) is 10.3. The van der Waals surface area contributed by atoms with Crippen LogP contribution >= 0.6 is 11.6 Å². The molecular weight excluding hydrogens is 282 g/mol. The molecule has 21 heavy (non-hydrogen) atoms. The summed E-state index contributed by atoms with van der Waals surface area (Å²) in [6.07, 6.45) is 4.60. The van der Waals surface area contributed by atoms with Gasteiger partial charge in [-0.2, -0.15) is 0 Å². The second-order valence-electron chi connectivity index (χ2n) is 6.10. The molecule has 3 nitrogen and oxygen atoms in total. The minimum atomic E-state index is 0.445. The lowest BCUT2D eigenvalue weighted by Gasteiger charge is -2.14. The smallest absolute Gasteiger partial charge is 0.124 e. The van der Waals surface area contributed by atoms with E-state index >= 15 is 0 Å². The molecule has 1 atom stereocenters. The average molecular weight is 300 g/mol. The number of nitrogens with zero attached hydrogens (tertiary/aromatic N) is 3. The van der Waals surface area contributed by atoms with Crippen molar-refractivity contribution in [3.63, 3.8) is 0 Å². The van der Waals surface area contributed by atoms with Crippen LogP contribution in [0.4, 0.5) is 0 Å². The van der Waals surface area contributed by atoms with Gasteiger partial charge in [-0.25, -0.2) is 4.98 Å². The van der Waals surface area contributed by atoms with Gasteiger partial charge in [0.1, 0.15) is 11.3 Å². The lowest BCUT2D eigenvalue weighted by Crippen LogP contribution is -2.11. The Hall–Kier alpha value is -1.61. The fraction of sp³-hybridized carbons (Fsp3) is 0.412. The van der Waals surface area contributed by atoms with E-state index in [2.05, 4.69) is 39.7 Å². The van der Waals surface area contributed by atoms with Gasteiger partial charge in [-0.15, -0.1) is 11.6 Å². The van der Waals surface area contributed by atoms with Crippen LogP contribution < -0.4 is 0 Å². The summed E-state index contributed by atoms with van der Waals surface area (Å²) in [6, 6.07) is 8.27. The minimum absolute atomic E-state index is 0.445. The molecule has 0 N–H and O–H groups in total. The van der Waals surface area contributed by atoms with Crippen LogP contribution in [-0.4, -0.2) is 14.5 Å². The summed E-state index contributed by atoms with van der Waals surface area (Å²) in [5, 5.41) is 1.17. The molecule has 0 bridgehead atoms. The molecular formula is C17H18ClN3. The monoisotopic (exact) mass is 299 g/mol. The van der Waals surface area contributed by atoms with Crippen LogP contribution in [0.5, 0.6) is 0 Å². The van der Waals surface area contributed by atoms with E-state index in [1.807, 2.05) is 12.3 Å². The predicted molar refractivity (Wildman–Crippen MR) is 86.5 cm³/mol. The fourth-order valence-electron chi connectivity index (χ4n) is 3.21. The third kappa shape index (κ3) is 2.20. The summed E-state index contributed by atoms with van der Waals surface area (Å²) in [6.45, 7) is 3.34. The number of aromatic nitrogens is 3. The van der Waals surface area contributed by atoms with Gasteiger partial charge in [0, 0.05) is 11.9 Å². The topological polar surface area (TPSA) is 30.7 Å². The van der Waals surface area contributed by atoms with Crippen molar-refractivity contribution >= 4 is 33.5 Å². The molecule has 2 aromatic heterocycles. The normalized spacial score (nSPS) is 16.7. The van der Waals surface area contributed by atoms with Gasteiger partial charge in [0.25, 0.3) is 0 Å². The molecule has 4 heteroatoms. The fourth-order valence-corrected chi connectivity index (χ4v) is 3.42. The van der Waals surface area contributed by atoms with Crippen LogP contribution in [0, 0.1) is 11.8 Å². The van der Waals surface area contributed by atoms with E-state index in [1.54, 1.807) is 0 Å². The standard InChI is InChI=1S/C17H18ClN3/c1-11(12-6-7-12)10-21-16(8-18)20-15-9-19-14-5-3-2-4-13(14)17(15)21/h2-5,9,11-12H,6-8,10H2,1H3. The lowest BCUT2D eigenvalue weighted by molar-refractivity contribution is 0.431. The summed E-state index contributed by atoms with van der Waals surface area (Å²) in [5.74, 6) is 2.95. The zero-order valence-corrected chi connectivity index (χ0v) is 12.8. The maximum absolute atomic E-state index is 6.13. The maximum atomic E-state index is 6.13. The largest absolute Gasteiger partial charge is 0.326 e. The highest BCUT2D eigenvalue weighted by Gasteiger charge is 2.29. The number of alkyl halides is 1. The van der Waals surface area contributed by atoms with Crippen molar-refractivity contribution in [1.29, 1.82) is 0 Å². The lowest BCUT2D eigenvalue weighted by atomic mass is 10.1. The summed E-state index contributed by atoms with van der Waals surface area (Å²) in [7, 11) is 0. The zero-order chi connectivity index (χ0) is 14.4. The molecule has 1 aliphatic carbocycles. The average Bonchev–Trinajstić information content (AvgIpc) is 3.30. The maximum Gasteiger partial charge on any atom is 0.124 e. The number of halogens is 1. The highest BCUT2D eigenvalue weighted by Crippen LogP contribution is 2.38. The van der Waals surface area contributed by atoms with Crippen molar-refractivity contribution in [2.75, 3.05) is 0 Å². The number of fused-ring (bicyclic) bond motifs is 3. The third-order valence-corrected chi connectivity index (χ3v) is 4.81. The molecule has 0 saturated heterocycles. The Kier molecular flexibility index (Phi) is 3.11. The number of imidazole rings is 1. The number of pyridine rings is 1. The van der Waals surface area contributed by atoms with E-state index in [-0.39, 0.29) is 0 Å². The second-order valence-corrected chi connectivity index (χ2v) is 6.36. The Morgan fingerprint density at radius 1 is 1.29 bits per heavy atom. The summed E-state index contributed by atoms with van der Waals surface area (Å²) in [5.41, 5.74) is 3.16. The van der Waals surface area contributed by atoms with Crippen molar-refractivity contribution in [3.05, 3.63) is 36.3 Å². The van der Waals surface area contributed by atoms with Gasteiger partial charge < -0.3 is 4.57 Å². The molecule has 1 saturated carbocycles. The molecule has 1 aliphatic rings. The molecule has 0 radical (unpaired) electrons. The molecule has 1 unspecified atom stereocenters. The van der Waals surface area contributed by atoms with E-state index in [9.17, 15) is 0 Å². The second kappa shape index (κ2) is 4.99. The van der Waals surface area contributed by atoms with Gasteiger partial charge in [-0.1, -0.05) is 25.1 Å². The van der Waals surface area contributed by atoms with E-state index in [0.717, 1.165) is 29.3 Å². The summed E-state index contributed by atoms with van der Waals surface area (Å²) in [4.78, 5) is 9.19. The van der Waals surface area contributed by atoms with Gasteiger partial charge in [-0.05, 0) is 30.7 Å². The van der Waals surface area contributed by atoms with Crippen molar-refractivity contribution in [3.8, 4) is 0 Å². The quantitative estimate of drug-likeness (QED) is 0.670. The van der Waals surface area contributed by atoms with Crippen LogP contribution in [0.15, 0.2) is 30.5 Å². The van der Waals surface area contributed by atoms with Crippen LogP contribution in [0.1, 0.15) is 25.6 Å². The van der Waals surface area contributed by atoms with Crippen LogP contribution in [0.2, 0.25) is 0 Å². The first-order valence-electron chi connectivity index (χ1n) is 7.56. The van der Waals surface area contributed by atoms with Gasteiger partial charge in [0.15, 0.2) is 0 Å². The first-order valence-corrected chi connectivity index (χ1v) is 8.10. The van der Waals surface area contributed by atoms with E-state index in [4.69, 9.17) is 11.6 Å². The Morgan fingerprint density at radius 3 is 2.86 bits per heavy atom. The van der Waals surface area contributed by atoms with E-state index in [0.29, 0.717) is 11.8 Å². The zero-order valence-electron chi connectivity index (χ0n) is 12.1. The van der Waals surface area contributed by atoms with Gasteiger partial charge >= 0.3 is 0 Å². The molecule has 0 amide bonds. The van der Waals surface area contributed by atoms with Gasteiger partial charge in [0.05, 0.1) is 23.1 Å². The van der Waals surface area contributed by atoms with Crippen LogP contribution in [0.3, 0.4) is 0 Å². The summed E-state index contributed by atoms with van der Waals surface area (Å²) < 4.78 is 2.31.